The fourth-order valence-corrected chi connectivity index (χ4v) is 4.65. The summed E-state index contributed by atoms with van der Waals surface area (Å²) in [5.41, 5.74) is -1.90. The van der Waals surface area contributed by atoms with E-state index in [0.717, 1.165) is 0 Å². The molecule has 88 valence electrons. The molecule has 0 aromatic carbocycles. The van der Waals surface area contributed by atoms with E-state index in [1.54, 1.807) is 0 Å². The molecule has 3 N–H and O–H groups in total. The van der Waals surface area contributed by atoms with E-state index < -0.39 is 20.9 Å². The maximum Gasteiger partial charge on any atom is 0.151 e. The lowest BCUT2D eigenvalue weighted by atomic mass is 9.67. The molecule has 2 saturated heterocycles. The molecule has 2 fully saturated rings. The fraction of sp³-hybridized carbons (Fsp3) is 1.00. The Balaban J connectivity index is 2.28. The summed E-state index contributed by atoms with van der Waals surface area (Å²) in [5, 5.41) is 22.6. The molecular weight excluding hydrogens is 218 g/mol. The van der Waals surface area contributed by atoms with Crippen molar-refractivity contribution in [1.29, 1.82) is 0 Å². The van der Waals surface area contributed by atoms with Gasteiger partial charge in [0.2, 0.25) is 0 Å². The van der Waals surface area contributed by atoms with Crippen molar-refractivity contribution >= 4 is 9.84 Å². The summed E-state index contributed by atoms with van der Waals surface area (Å²) in [6.45, 7) is 0.497. The molecule has 1 atom stereocenters. The van der Waals surface area contributed by atoms with Crippen molar-refractivity contribution in [3.8, 4) is 0 Å². The lowest BCUT2D eigenvalue weighted by molar-refractivity contribution is -0.134. The van der Waals surface area contributed by atoms with Crippen LogP contribution in [0.15, 0.2) is 0 Å². The van der Waals surface area contributed by atoms with Gasteiger partial charge >= 0.3 is 0 Å². The maximum atomic E-state index is 11.6. The highest BCUT2D eigenvalue weighted by Crippen LogP contribution is 2.42. The Labute approximate surface area is 89.4 Å². The van der Waals surface area contributed by atoms with Crippen LogP contribution in [-0.4, -0.2) is 55.4 Å². The number of rotatable bonds is 2. The SMILES string of the molecule is O=S1(=O)CCCC(CO)(C2(O)CNC2)C1. The van der Waals surface area contributed by atoms with Gasteiger partial charge in [0.05, 0.1) is 23.7 Å². The molecule has 0 aromatic rings. The minimum Gasteiger partial charge on any atom is -0.396 e. The van der Waals surface area contributed by atoms with Gasteiger partial charge in [-0.25, -0.2) is 8.42 Å². The lowest BCUT2D eigenvalue weighted by Gasteiger charge is -2.53. The summed E-state index contributed by atoms with van der Waals surface area (Å²) >= 11 is 0. The summed E-state index contributed by atoms with van der Waals surface area (Å²) in [4.78, 5) is 0. The molecule has 0 amide bonds. The first-order chi connectivity index (χ1) is 6.93. The van der Waals surface area contributed by atoms with E-state index in [-0.39, 0.29) is 18.1 Å². The minimum absolute atomic E-state index is 0.0886. The highest BCUT2D eigenvalue weighted by Gasteiger charge is 2.56. The quantitative estimate of drug-likeness (QED) is 0.543. The molecule has 0 bridgehead atoms. The highest BCUT2D eigenvalue weighted by molar-refractivity contribution is 7.91. The number of nitrogens with one attached hydrogen (secondary N) is 1. The number of hydrogen-bond donors (Lipinski definition) is 3. The molecule has 0 aromatic heterocycles. The third-order valence-electron chi connectivity index (χ3n) is 3.73. The third kappa shape index (κ3) is 1.69. The van der Waals surface area contributed by atoms with Crippen LogP contribution < -0.4 is 5.32 Å². The van der Waals surface area contributed by atoms with Gasteiger partial charge in [0.25, 0.3) is 0 Å². The predicted octanol–water partition coefficient (Wildman–Crippen LogP) is -1.49. The van der Waals surface area contributed by atoms with Crippen molar-refractivity contribution in [3.63, 3.8) is 0 Å². The lowest BCUT2D eigenvalue weighted by Crippen LogP contribution is -2.71. The first-order valence-corrected chi connectivity index (χ1v) is 7.00. The van der Waals surface area contributed by atoms with Gasteiger partial charge in [-0.2, -0.15) is 0 Å². The van der Waals surface area contributed by atoms with Crippen LogP contribution in [0.1, 0.15) is 12.8 Å². The Morgan fingerprint density at radius 2 is 2.00 bits per heavy atom. The molecule has 0 spiro atoms. The zero-order valence-electron chi connectivity index (χ0n) is 8.57. The van der Waals surface area contributed by atoms with Gasteiger partial charge in [0.15, 0.2) is 9.84 Å². The summed E-state index contributed by atoms with van der Waals surface area (Å²) < 4.78 is 23.1. The molecule has 5 nitrogen and oxygen atoms in total. The maximum absolute atomic E-state index is 11.6. The Hall–Kier alpha value is -0.170. The zero-order chi connectivity index (χ0) is 11.2. The van der Waals surface area contributed by atoms with E-state index >= 15 is 0 Å². The normalized spacial score (nSPS) is 38.3. The van der Waals surface area contributed by atoms with E-state index in [2.05, 4.69) is 5.32 Å². The van der Waals surface area contributed by atoms with Crippen LogP contribution in [0, 0.1) is 5.41 Å². The Kier molecular flexibility index (Phi) is 2.57. The van der Waals surface area contributed by atoms with Gasteiger partial charge in [-0.3, -0.25) is 0 Å². The largest absolute Gasteiger partial charge is 0.396 e. The van der Waals surface area contributed by atoms with Crippen LogP contribution in [0.4, 0.5) is 0 Å². The average Bonchev–Trinajstić information content (AvgIpc) is 2.12. The molecule has 15 heavy (non-hydrogen) atoms. The van der Waals surface area contributed by atoms with Crippen molar-refractivity contribution < 1.29 is 18.6 Å². The van der Waals surface area contributed by atoms with Crippen molar-refractivity contribution in [1.82, 2.24) is 5.32 Å². The van der Waals surface area contributed by atoms with Crippen molar-refractivity contribution in [2.45, 2.75) is 18.4 Å². The van der Waals surface area contributed by atoms with Gasteiger partial charge < -0.3 is 15.5 Å². The Bertz CT molecular complexity index is 349. The topological polar surface area (TPSA) is 86.6 Å². The fourth-order valence-electron chi connectivity index (χ4n) is 2.57. The van der Waals surface area contributed by atoms with Gasteiger partial charge in [-0.05, 0) is 12.8 Å². The molecule has 2 aliphatic rings. The van der Waals surface area contributed by atoms with Crippen molar-refractivity contribution in [2.75, 3.05) is 31.2 Å². The molecule has 6 heteroatoms. The Morgan fingerprint density at radius 3 is 2.40 bits per heavy atom. The highest BCUT2D eigenvalue weighted by atomic mass is 32.2. The Morgan fingerprint density at radius 1 is 1.33 bits per heavy atom. The monoisotopic (exact) mass is 235 g/mol. The minimum atomic E-state index is -3.11. The first kappa shape index (κ1) is 11.3. The van der Waals surface area contributed by atoms with Crippen molar-refractivity contribution in [2.24, 2.45) is 5.41 Å². The number of aliphatic hydroxyl groups is 2. The number of hydrogen-bond acceptors (Lipinski definition) is 5. The van der Waals surface area contributed by atoms with E-state index in [1.807, 2.05) is 0 Å². The van der Waals surface area contributed by atoms with E-state index in [0.29, 0.717) is 25.9 Å². The second-order valence-electron chi connectivity index (χ2n) is 4.77. The number of aliphatic hydroxyl groups excluding tert-OH is 1. The molecule has 2 heterocycles. The van der Waals surface area contributed by atoms with Crippen LogP contribution in [0.3, 0.4) is 0 Å². The van der Waals surface area contributed by atoms with Gasteiger partial charge in [-0.1, -0.05) is 0 Å². The first-order valence-electron chi connectivity index (χ1n) is 5.18. The predicted molar refractivity (Wildman–Crippen MR) is 55.2 cm³/mol. The summed E-state index contributed by atoms with van der Waals surface area (Å²) in [6.07, 6.45) is 1.12. The van der Waals surface area contributed by atoms with E-state index in [4.69, 9.17) is 0 Å². The molecule has 1 unspecified atom stereocenters. The average molecular weight is 235 g/mol. The van der Waals surface area contributed by atoms with Gasteiger partial charge in [-0.15, -0.1) is 0 Å². The summed E-state index contributed by atoms with van der Waals surface area (Å²) in [5.74, 6) is 0.0902. The van der Waals surface area contributed by atoms with Crippen LogP contribution in [-0.2, 0) is 9.84 Å². The molecule has 0 aliphatic carbocycles. The van der Waals surface area contributed by atoms with Gasteiger partial charge in [0, 0.05) is 18.5 Å². The number of sulfone groups is 1. The number of β-amino-alcohol motifs (C(OH)–C–C–N with tert-alkyl or cyclic N) is 1. The van der Waals surface area contributed by atoms with E-state index in [1.165, 1.54) is 0 Å². The van der Waals surface area contributed by atoms with Crippen LogP contribution in [0.25, 0.3) is 0 Å². The zero-order valence-corrected chi connectivity index (χ0v) is 9.39. The van der Waals surface area contributed by atoms with Crippen LogP contribution >= 0.6 is 0 Å². The van der Waals surface area contributed by atoms with E-state index in [9.17, 15) is 18.6 Å². The summed E-state index contributed by atoms with van der Waals surface area (Å²) in [7, 11) is -3.11. The smallest absolute Gasteiger partial charge is 0.151 e. The molecule has 2 aliphatic heterocycles. The van der Waals surface area contributed by atoms with Crippen LogP contribution in [0.2, 0.25) is 0 Å². The van der Waals surface area contributed by atoms with Crippen molar-refractivity contribution in [3.05, 3.63) is 0 Å². The molecule has 0 saturated carbocycles. The standard InChI is InChI=1S/C9H17NO4S/c11-6-8(9(12)4-10-5-9)2-1-3-15(13,14)7-8/h10-12H,1-7H2. The van der Waals surface area contributed by atoms with Gasteiger partial charge in [0.1, 0.15) is 0 Å². The molecular formula is C9H17NO4S. The molecule has 2 rings (SSSR count). The second kappa shape index (κ2) is 3.41. The third-order valence-corrected chi connectivity index (χ3v) is 5.63. The summed E-state index contributed by atoms with van der Waals surface area (Å²) in [6, 6.07) is 0. The van der Waals surface area contributed by atoms with Crippen LogP contribution in [0.5, 0.6) is 0 Å². The molecule has 0 radical (unpaired) electrons. The second-order valence-corrected chi connectivity index (χ2v) is 6.95.